The molecule has 13 heteroatoms. The largest absolute Gasteiger partial charge is 0.490 e. The van der Waals surface area contributed by atoms with E-state index in [0.717, 1.165) is 5.56 Å². The zero-order valence-corrected chi connectivity index (χ0v) is 24.7. The summed E-state index contributed by atoms with van der Waals surface area (Å²) in [7, 11) is 0. The van der Waals surface area contributed by atoms with E-state index in [2.05, 4.69) is 26.1 Å². The molecule has 0 unspecified atom stereocenters. The Morgan fingerprint density at radius 3 is 2.54 bits per heavy atom. The van der Waals surface area contributed by atoms with Gasteiger partial charge in [-0.3, -0.25) is 14.7 Å². The second-order valence-electron chi connectivity index (χ2n) is 8.25. The number of aromatic nitrogens is 3. The normalized spacial score (nSPS) is 11.8. The van der Waals surface area contributed by atoms with E-state index in [0.29, 0.717) is 54.9 Å². The van der Waals surface area contributed by atoms with E-state index in [1.54, 1.807) is 54.0 Å². The first-order chi connectivity index (χ1) is 18.7. The Hall–Kier alpha value is -2.86. The minimum Gasteiger partial charge on any atom is -0.490 e. The van der Waals surface area contributed by atoms with Crippen LogP contribution in [-0.2, 0) is 6.61 Å². The molecular formula is C26H22BrCl2FN4O4S. The summed E-state index contributed by atoms with van der Waals surface area (Å²) in [5.74, 6) is 1.03. The standard InChI is InChI=1S/C26H22BrCl2FN4O4S/c1-3-37-23-11-17(10-21(27)25(23)38-14-16-4-5-18(28)12-22(16)29)24(13-33(35)36)39-26-32-31-15(2)34(26)20-8-6-19(30)7-9-20/h4-12,24H,3,13-14H2,1-2H3/t24-/m0/s1. The molecule has 0 saturated heterocycles. The van der Waals surface area contributed by atoms with Crippen LogP contribution in [0.15, 0.2) is 64.2 Å². The molecule has 0 N–H and O–H groups in total. The third kappa shape index (κ3) is 7.21. The maximum atomic E-state index is 13.5. The number of nitro groups is 1. The summed E-state index contributed by atoms with van der Waals surface area (Å²) in [6, 6.07) is 14.5. The van der Waals surface area contributed by atoms with Crippen molar-refractivity contribution < 1.29 is 18.8 Å². The number of benzene rings is 3. The minimum absolute atomic E-state index is 0.154. The van der Waals surface area contributed by atoms with Crippen molar-refractivity contribution in [1.29, 1.82) is 0 Å². The second-order valence-corrected chi connectivity index (χ2v) is 11.1. The van der Waals surface area contributed by atoms with Crippen molar-refractivity contribution in [2.75, 3.05) is 13.2 Å². The molecule has 39 heavy (non-hydrogen) atoms. The fourth-order valence-electron chi connectivity index (χ4n) is 3.75. The zero-order chi connectivity index (χ0) is 28.1. The lowest BCUT2D eigenvalue weighted by Gasteiger charge is -2.19. The van der Waals surface area contributed by atoms with Crippen LogP contribution in [0, 0.1) is 22.9 Å². The molecule has 3 aromatic carbocycles. The Labute approximate surface area is 246 Å². The summed E-state index contributed by atoms with van der Waals surface area (Å²) in [4.78, 5) is 11.3. The predicted molar refractivity (Wildman–Crippen MR) is 153 cm³/mol. The molecular weight excluding hydrogens is 634 g/mol. The molecule has 0 aliphatic heterocycles. The Bertz CT molecular complexity index is 1490. The minimum atomic E-state index is -0.655. The van der Waals surface area contributed by atoms with E-state index in [4.69, 9.17) is 32.7 Å². The molecule has 4 rings (SSSR count). The molecule has 0 fully saturated rings. The van der Waals surface area contributed by atoms with Gasteiger partial charge in [-0.05, 0) is 83.9 Å². The van der Waals surface area contributed by atoms with Crippen molar-refractivity contribution in [3.05, 3.63) is 102 Å². The highest BCUT2D eigenvalue weighted by molar-refractivity contribution is 9.10. The summed E-state index contributed by atoms with van der Waals surface area (Å²) < 4.78 is 27.7. The highest BCUT2D eigenvalue weighted by Gasteiger charge is 2.26. The third-order valence-corrected chi connectivity index (χ3v) is 7.89. The van der Waals surface area contributed by atoms with Crippen molar-refractivity contribution in [3.8, 4) is 17.2 Å². The van der Waals surface area contributed by atoms with Crippen LogP contribution in [0.25, 0.3) is 5.69 Å². The number of ether oxygens (including phenoxy) is 2. The van der Waals surface area contributed by atoms with Crippen molar-refractivity contribution in [2.45, 2.75) is 30.9 Å². The van der Waals surface area contributed by atoms with Crippen LogP contribution in [0.2, 0.25) is 10.0 Å². The lowest BCUT2D eigenvalue weighted by atomic mass is 10.1. The number of halogens is 4. The number of aryl methyl sites for hydroxylation is 1. The number of hydrogen-bond donors (Lipinski definition) is 0. The summed E-state index contributed by atoms with van der Waals surface area (Å²) in [5.41, 5.74) is 1.99. The average molecular weight is 656 g/mol. The molecule has 1 aromatic heterocycles. The van der Waals surface area contributed by atoms with Gasteiger partial charge in [-0.2, -0.15) is 0 Å². The maximum absolute atomic E-state index is 13.5. The highest BCUT2D eigenvalue weighted by atomic mass is 79.9. The Morgan fingerprint density at radius 1 is 1.13 bits per heavy atom. The summed E-state index contributed by atoms with van der Waals surface area (Å²) in [6.45, 7) is 3.70. The van der Waals surface area contributed by atoms with Crippen molar-refractivity contribution in [2.24, 2.45) is 0 Å². The first kappa shape index (κ1) is 29.1. The molecule has 1 heterocycles. The van der Waals surface area contributed by atoms with E-state index >= 15 is 0 Å². The second kappa shape index (κ2) is 13.0. The van der Waals surface area contributed by atoms with Crippen LogP contribution >= 0.6 is 50.9 Å². The van der Waals surface area contributed by atoms with Gasteiger partial charge in [-0.15, -0.1) is 10.2 Å². The van der Waals surface area contributed by atoms with Crippen LogP contribution in [0.4, 0.5) is 4.39 Å². The van der Waals surface area contributed by atoms with Crippen molar-refractivity contribution in [3.63, 3.8) is 0 Å². The van der Waals surface area contributed by atoms with E-state index < -0.39 is 11.8 Å². The van der Waals surface area contributed by atoms with E-state index in [9.17, 15) is 14.5 Å². The molecule has 0 saturated carbocycles. The predicted octanol–water partition coefficient (Wildman–Crippen LogP) is 7.87. The van der Waals surface area contributed by atoms with Crippen molar-refractivity contribution >= 4 is 50.9 Å². The first-order valence-electron chi connectivity index (χ1n) is 11.7. The molecule has 0 radical (unpaired) electrons. The van der Waals surface area contributed by atoms with Crippen LogP contribution in [0.3, 0.4) is 0 Å². The molecule has 0 spiro atoms. The van der Waals surface area contributed by atoms with Gasteiger partial charge in [0.2, 0.25) is 6.54 Å². The Morgan fingerprint density at radius 2 is 1.87 bits per heavy atom. The van der Waals surface area contributed by atoms with Gasteiger partial charge in [0.15, 0.2) is 16.7 Å². The lowest BCUT2D eigenvalue weighted by molar-refractivity contribution is -0.479. The monoisotopic (exact) mass is 654 g/mol. The zero-order valence-electron chi connectivity index (χ0n) is 20.7. The lowest BCUT2D eigenvalue weighted by Crippen LogP contribution is -2.12. The summed E-state index contributed by atoms with van der Waals surface area (Å²) >= 11 is 17.0. The van der Waals surface area contributed by atoms with Gasteiger partial charge in [0.1, 0.15) is 23.5 Å². The van der Waals surface area contributed by atoms with Gasteiger partial charge in [0.25, 0.3) is 0 Å². The van der Waals surface area contributed by atoms with Crippen LogP contribution in [0.1, 0.15) is 29.1 Å². The highest BCUT2D eigenvalue weighted by Crippen LogP contribution is 2.43. The fraction of sp³-hybridized carbons (Fsp3) is 0.231. The topological polar surface area (TPSA) is 92.3 Å². The molecule has 0 bridgehead atoms. The smallest absolute Gasteiger partial charge is 0.220 e. The molecule has 4 aromatic rings. The molecule has 1 atom stereocenters. The van der Waals surface area contributed by atoms with Gasteiger partial charge in [0.05, 0.1) is 11.1 Å². The quantitative estimate of drug-likeness (QED) is 0.0922. The number of rotatable bonds is 11. The number of hydrogen-bond acceptors (Lipinski definition) is 7. The SMILES string of the molecule is CCOc1cc([C@H](C[N+](=O)[O-])Sc2nnc(C)n2-c2ccc(F)cc2)cc(Br)c1OCc1ccc(Cl)cc1Cl. The van der Waals surface area contributed by atoms with Crippen LogP contribution in [-0.4, -0.2) is 32.8 Å². The summed E-state index contributed by atoms with van der Waals surface area (Å²) in [6.07, 6.45) is 0. The molecule has 0 aliphatic rings. The molecule has 204 valence electrons. The summed E-state index contributed by atoms with van der Waals surface area (Å²) in [5, 5.41) is 20.8. The number of nitrogens with zero attached hydrogens (tertiary/aromatic N) is 4. The molecule has 0 amide bonds. The third-order valence-electron chi connectivity index (χ3n) is 5.53. The fourth-order valence-corrected chi connectivity index (χ4v) is 5.94. The van der Waals surface area contributed by atoms with E-state index in [1.165, 1.54) is 23.9 Å². The van der Waals surface area contributed by atoms with Crippen LogP contribution < -0.4 is 9.47 Å². The first-order valence-corrected chi connectivity index (χ1v) is 14.1. The molecule has 0 aliphatic carbocycles. The van der Waals surface area contributed by atoms with Gasteiger partial charge in [-0.1, -0.05) is 41.0 Å². The van der Waals surface area contributed by atoms with E-state index in [-0.39, 0.29) is 17.3 Å². The average Bonchev–Trinajstić information content (AvgIpc) is 3.24. The Balaban J connectivity index is 1.67. The maximum Gasteiger partial charge on any atom is 0.220 e. The van der Waals surface area contributed by atoms with Gasteiger partial charge in [0, 0.05) is 26.2 Å². The van der Waals surface area contributed by atoms with Crippen LogP contribution in [0.5, 0.6) is 11.5 Å². The molecule has 8 nitrogen and oxygen atoms in total. The van der Waals surface area contributed by atoms with Gasteiger partial charge >= 0.3 is 0 Å². The van der Waals surface area contributed by atoms with E-state index in [1.807, 2.05) is 6.92 Å². The van der Waals surface area contributed by atoms with Crippen molar-refractivity contribution in [1.82, 2.24) is 14.8 Å². The van der Waals surface area contributed by atoms with Gasteiger partial charge < -0.3 is 9.47 Å². The van der Waals surface area contributed by atoms with Gasteiger partial charge in [-0.25, -0.2) is 4.39 Å². The number of thioether (sulfide) groups is 1. The Kier molecular flexibility index (Phi) is 9.71.